The number of rotatable bonds is 18. The minimum absolute atomic E-state index is 0.190. The average molecular weight is 483 g/mol. The fourth-order valence-electron chi connectivity index (χ4n) is 4.66. The smallest absolute Gasteiger partial charge is 0.306 e. The number of phenolic OH excluding ortho intramolecular Hbond substituents is 2. The summed E-state index contributed by atoms with van der Waals surface area (Å²) in [5.41, 5.74) is 1.88. The molecule has 0 fully saturated rings. The Bertz CT molecular complexity index is 767. The highest BCUT2D eigenvalue weighted by atomic mass is 16.5. The van der Waals surface area contributed by atoms with Gasteiger partial charge in [0, 0.05) is 5.92 Å². The molecule has 0 heterocycles. The number of carbonyl (C=O) groups excluding carboxylic acids is 1. The minimum atomic E-state index is -0.197. The highest BCUT2D eigenvalue weighted by Gasteiger charge is 2.21. The Labute approximate surface area is 212 Å². The molecule has 0 spiro atoms. The molecule has 4 heteroatoms. The van der Waals surface area contributed by atoms with Crippen LogP contribution in [-0.4, -0.2) is 22.8 Å². The normalized spacial score (nSPS) is 12.1. The summed E-state index contributed by atoms with van der Waals surface area (Å²) in [7, 11) is 0. The zero-order chi connectivity index (χ0) is 25.3. The summed E-state index contributed by atoms with van der Waals surface area (Å²) in [5.74, 6) is 0.438. The number of esters is 1. The van der Waals surface area contributed by atoms with Gasteiger partial charge >= 0.3 is 5.97 Å². The van der Waals surface area contributed by atoms with E-state index in [1.165, 1.54) is 64.2 Å². The van der Waals surface area contributed by atoms with Gasteiger partial charge in [-0.05, 0) is 54.2 Å². The van der Waals surface area contributed by atoms with Crippen LogP contribution in [0.1, 0.15) is 114 Å². The second-order valence-corrected chi connectivity index (χ2v) is 9.89. The first-order chi connectivity index (χ1) is 17.0. The van der Waals surface area contributed by atoms with Gasteiger partial charge in [-0.3, -0.25) is 4.79 Å². The predicted octanol–water partition coefficient (Wildman–Crippen LogP) is 8.50. The monoisotopic (exact) mass is 482 g/mol. The van der Waals surface area contributed by atoms with Gasteiger partial charge in [-0.1, -0.05) is 102 Å². The minimum Gasteiger partial charge on any atom is -0.508 e. The number of aromatic hydroxyl groups is 2. The van der Waals surface area contributed by atoms with Crippen molar-refractivity contribution in [2.45, 2.75) is 103 Å². The molecule has 0 aromatic heterocycles. The molecule has 0 amide bonds. The third-order valence-corrected chi connectivity index (χ3v) is 6.87. The maximum absolute atomic E-state index is 12.9. The SMILES string of the molecule is CCCCCCCCC(CCCCCC)COC(=O)CC(c1ccc(O)cc1)c1ccc(O)cc1. The van der Waals surface area contributed by atoms with E-state index in [4.69, 9.17) is 4.74 Å². The summed E-state index contributed by atoms with van der Waals surface area (Å²) in [4.78, 5) is 12.9. The molecule has 4 nitrogen and oxygen atoms in total. The number of benzene rings is 2. The van der Waals surface area contributed by atoms with Crippen LogP contribution >= 0.6 is 0 Å². The van der Waals surface area contributed by atoms with Crippen molar-refractivity contribution in [3.63, 3.8) is 0 Å². The average Bonchev–Trinajstić information content (AvgIpc) is 2.86. The van der Waals surface area contributed by atoms with Crippen LogP contribution in [-0.2, 0) is 9.53 Å². The van der Waals surface area contributed by atoms with Crippen molar-refractivity contribution >= 4 is 5.97 Å². The Hall–Kier alpha value is -2.49. The number of unbranched alkanes of at least 4 members (excludes halogenated alkanes) is 8. The van der Waals surface area contributed by atoms with Crippen LogP contribution in [0.25, 0.3) is 0 Å². The molecule has 2 N–H and O–H groups in total. The summed E-state index contributed by atoms with van der Waals surface area (Å²) < 4.78 is 5.84. The molecule has 1 unspecified atom stereocenters. The highest BCUT2D eigenvalue weighted by molar-refractivity contribution is 5.71. The second-order valence-electron chi connectivity index (χ2n) is 9.89. The van der Waals surface area contributed by atoms with Crippen LogP contribution in [0.3, 0.4) is 0 Å². The third-order valence-electron chi connectivity index (χ3n) is 6.87. The molecule has 0 saturated heterocycles. The second kappa shape index (κ2) is 17.0. The maximum Gasteiger partial charge on any atom is 0.306 e. The van der Waals surface area contributed by atoms with Gasteiger partial charge in [-0.15, -0.1) is 0 Å². The van der Waals surface area contributed by atoms with E-state index in [0.29, 0.717) is 12.5 Å². The molecule has 1 atom stereocenters. The summed E-state index contributed by atoms with van der Waals surface area (Å²) in [5, 5.41) is 19.4. The molecule has 2 aromatic carbocycles. The van der Waals surface area contributed by atoms with E-state index in [9.17, 15) is 15.0 Å². The van der Waals surface area contributed by atoms with Gasteiger partial charge in [0.15, 0.2) is 0 Å². The molecular weight excluding hydrogens is 436 g/mol. The van der Waals surface area contributed by atoms with E-state index >= 15 is 0 Å². The van der Waals surface area contributed by atoms with Gasteiger partial charge in [0.25, 0.3) is 0 Å². The van der Waals surface area contributed by atoms with Gasteiger partial charge in [0.1, 0.15) is 11.5 Å². The first kappa shape index (κ1) is 28.7. The first-order valence-electron chi connectivity index (χ1n) is 13.8. The van der Waals surface area contributed by atoms with Crippen LogP contribution < -0.4 is 0 Å². The van der Waals surface area contributed by atoms with E-state index in [2.05, 4.69) is 13.8 Å². The lowest BCUT2D eigenvalue weighted by Crippen LogP contribution is -2.17. The Morgan fingerprint density at radius 2 is 1.11 bits per heavy atom. The van der Waals surface area contributed by atoms with Gasteiger partial charge in [-0.2, -0.15) is 0 Å². The molecule has 0 bridgehead atoms. The zero-order valence-electron chi connectivity index (χ0n) is 21.9. The number of carbonyl (C=O) groups is 1. The molecular formula is C31H46O4. The van der Waals surface area contributed by atoms with E-state index in [0.717, 1.165) is 24.0 Å². The lowest BCUT2D eigenvalue weighted by Gasteiger charge is -2.20. The van der Waals surface area contributed by atoms with Gasteiger partial charge < -0.3 is 14.9 Å². The molecule has 35 heavy (non-hydrogen) atoms. The third kappa shape index (κ3) is 11.7. The van der Waals surface area contributed by atoms with Gasteiger partial charge in [0.2, 0.25) is 0 Å². The predicted molar refractivity (Wildman–Crippen MR) is 144 cm³/mol. The Morgan fingerprint density at radius 1 is 0.686 bits per heavy atom. The molecule has 194 valence electrons. The van der Waals surface area contributed by atoms with Crippen LogP contribution in [0.5, 0.6) is 11.5 Å². The fourth-order valence-corrected chi connectivity index (χ4v) is 4.66. The van der Waals surface area contributed by atoms with Crippen LogP contribution in [0.4, 0.5) is 0 Å². The Morgan fingerprint density at radius 3 is 1.60 bits per heavy atom. The van der Waals surface area contributed by atoms with Crippen molar-refractivity contribution in [2.75, 3.05) is 6.61 Å². The molecule has 2 rings (SSSR count). The van der Waals surface area contributed by atoms with Crippen LogP contribution in [0.2, 0.25) is 0 Å². The fraction of sp³-hybridized carbons (Fsp3) is 0.581. The van der Waals surface area contributed by atoms with Gasteiger partial charge in [-0.25, -0.2) is 0 Å². The number of hydrogen-bond acceptors (Lipinski definition) is 4. The van der Waals surface area contributed by atoms with Crippen LogP contribution in [0.15, 0.2) is 48.5 Å². The molecule has 2 aromatic rings. The summed E-state index contributed by atoms with van der Waals surface area (Å²) >= 11 is 0. The number of hydrogen-bond donors (Lipinski definition) is 2. The van der Waals surface area contributed by atoms with E-state index in [1.54, 1.807) is 24.3 Å². The first-order valence-corrected chi connectivity index (χ1v) is 13.8. The van der Waals surface area contributed by atoms with Crippen molar-refractivity contribution in [3.05, 3.63) is 59.7 Å². The van der Waals surface area contributed by atoms with Crippen molar-refractivity contribution in [1.82, 2.24) is 0 Å². The van der Waals surface area contributed by atoms with Crippen molar-refractivity contribution in [2.24, 2.45) is 5.92 Å². The summed E-state index contributed by atoms with van der Waals surface area (Å²) in [6, 6.07) is 13.9. The van der Waals surface area contributed by atoms with Gasteiger partial charge in [0.05, 0.1) is 13.0 Å². The molecule has 0 aliphatic rings. The topological polar surface area (TPSA) is 66.8 Å². The summed E-state index contributed by atoms with van der Waals surface area (Å²) in [6.45, 7) is 4.97. The van der Waals surface area contributed by atoms with Crippen molar-refractivity contribution in [1.29, 1.82) is 0 Å². The van der Waals surface area contributed by atoms with Crippen LogP contribution in [0, 0.1) is 5.92 Å². The molecule has 0 aliphatic carbocycles. The lowest BCUT2D eigenvalue weighted by atomic mass is 9.88. The maximum atomic E-state index is 12.9. The van der Waals surface area contributed by atoms with E-state index in [-0.39, 0.29) is 29.8 Å². The number of phenols is 2. The Kier molecular flexibility index (Phi) is 14.0. The lowest BCUT2D eigenvalue weighted by molar-refractivity contribution is -0.145. The largest absolute Gasteiger partial charge is 0.508 e. The molecule has 0 saturated carbocycles. The zero-order valence-corrected chi connectivity index (χ0v) is 21.9. The Balaban J connectivity index is 1.95. The standard InChI is InChI=1S/C31H46O4/c1-3-5-7-9-10-12-14-25(13-11-8-6-4-2)24-35-31(34)23-30(26-15-19-28(32)20-16-26)27-17-21-29(33)22-18-27/h15-22,25,30,32-33H,3-14,23-24H2,1-2H3. The quantitative estimate of drug-likeness (QED) is 0.165. The van der Waals surface area contributed by atoms with Crippen molar-refractivity contribution in [3.8, 4) is 11.5 Å². The van der Waals surface area contributed by atoms with E-state index in [1.807, 2.05) is 24.3 Å². The molecule has 0 radical (unpaired) electrons. The highest BCUT2D eigenvalue weighted by Crippen LogP contribution is 2.31. The summed E-state index contributed by atoms with van der Waals surface area (Å²) in [6.07, 6.45) is 15.1. The van der Waals surface area contributed by atoms with Crippen molar-refractivity contribution < 1.29 is 19.7 Å². The number of ether oxygens (including phenoxy) is 1. The molecule has 0 aliphatic heterocycles. The van der Waals surface area contributed by atoms with E-state index < -0.39 is 0 Å².